The van der Waals surface area contributed by atoms with E-state index in [1.54, 1.807) is 17.0 Å². The lowest BCUT2D eigenvalue weighted by molar-refractivity contribution is -0.141. The molecule has 0 fully saturated rings. The molecular formula is C30H35ClN2O3. The van der Waals surface area contributed by atoms with Gasteiger partial charge in [0.2, 0.25) is 11.8 Å². The molecule has 5 nitrogen and oxygen atoms in total. The first-order valence-electron chi connectivity index (χ1n) is 12.5. The maximum Gasteiger partial charge on any atom is 0.247 e. The summed E-state index contributed by atoms with van der Waals surface area (Å²) in [6, 6.07) is 26.0. The van der Waals surface area contributed by atoms with Gasteiger partial charge in [0.1, 0.15) is 6.04 Å². The van der Waals surface area contributed by atoms with E-state index in [-0.39, 0.29) is 17.9 Å². The Morgan fingerprint density at radius 1 is 0.889 bits per heavy atom. The Morgan fingerprint density at radius 2 is 1.53 bits per heavy atom. The van der Waals surface area contributed by atoms with Crippen LogP contribution in [0.3, 0.4) is 0 Å². The van der Waals surface area contributed by atoms with Crippen LogP contribution in [0.25, 0.3) is 0 Å². The van der Waals surface area contributed by atoms with Crippen LogP contribution in [-0.4, -0.2) is 36.0 Å². The fraction of sp³-hybridized carbons (Fsp3) is 0.333. The molecule has 36 heavy (non-hydrogen) atoms. The van der Waals surface area contributed by atoms with Gasteiger partial charge in [-0.3, -0.25) is 9.59 Å². The van der Waals surface area contributed by atoms with Crippen molar-refractivity contribution in [3.8, 4) is 0 Å². The van der Waals surface area contributed by atoms with Crippen molar-refractivity contribution in [2.45, 2.75) is 51.8 Å². The van der Waals surface area contributed by atoms with Crippen molar-refractivity contribution in [2.24, 2.45) is 0 Å². The second kappa shape index (κ2) is 14.4. The highest BCUT2D eigenvalue weighted by Gasteiger charge is 2.31. The van der Waals surface area contributed by atoms with Crippen LogP contribution in [0.5, 0.6) is 0 Å². The van der Waals surface area contributed by atoms with Gasteiger partial charge in [-0.2, -0.15) is 0 Å². The van der Waals surface area contributed by atoms with E-state index in [9.17, 15) is 9.59 Å². The highest BCUT2D eigenvalue weighted by molar-refractivity contribution is 6.30. The molecule has 1 N–H and O–H groups in total. The number of rotatable bonds is 13. The van der Waals surface area contributed by atoms with E-state index in [1.165, 1.54) is 0 Å². The molecule has 0 aliphatic heterocycles. The minimum Gasteiger partial charge on any atom is -0.379 e. The summed E-state index contributed by atoms with van der Waals surface area (Å²) in [6.45, 7) is 5.31. The number of halogens is 1. The predicted molar refractivity (Wildman–Crippen MR) is 145 cm³/mol. The summed E-state index contributed by atoms with van der Waals surface area (Å²) in [5.41, 5.74) is 2.77. The molecule has 1 atom stereocenters. The van der Waals surface area contributed by atoms with Crippen molar-refractivity contribution in [1.82, 2.24) is 10.2 Å². The van der Waals surface area contributed by atoms with Gasteiger partial charge in [0.15, 0.2) is 0 Å². The van der Waals surface area contributed by atoms with Crippen LogP contribution in [0.1, 0.15) is 49.4 Å². The lowest BCUT2D eigenvalue weighted by atomic mass is 10.0. The number of aryl methyl sites for hydroxylation is 1. The summed E-state index contributed by atoms with van der Waals surface area (Å²) in [7, 11) is 0. The largest absolute Gasteiger partial charge is 0.379 e. The topological polar surface area (TPSA) is 58.6 Å². The van der Waals surface area contributed by atoms with Crippen LogP contribution >= 0.6 is 11.6 Å². The summed E-state index contributed by atoms with van der Waals surface area (Å²) >= 11 is 6.08. The molecule has 0 saturated carbocycles. The van der Waals surface area contributed by atoms with Gasteiger partial charge in [-0.05, 0) is 55.5 Å². The lowest BCUT2D eigenvalue weighted by Crippen LogP contribution is -2.44. The number of carbonyl (C=O) groups is 2. The van der Waals surface area contributed by atoms with E-state index in [0.29, 0.717) is 44.0 Å². The number of benzene rings is 3. The molecule has 6 heteroatoms. The van der Waals surface area contributed by atoms with Crippen LogP contribution in [0, 0.1) is 0 Å². The Hall–Kier alpha value is -3.15. The molecule has 190 valence electrons. The molecule has 0 aliphatic rings. The molecule has 3 aromatic carbocycles. The van der Waals surface area contributed by atoms with E-state index in [4.69, 9.17) is 16.3 Å². The smallest absolute Gasteiger partial charge is 0.247 e. The van der Waals surface area contributed by atoms with Gasteiger partial charge in [-0.15, -0.1) is 0 Å². The maximum atomic E-state index is 13.7. The van der Waals surface area contributed by atoms with Crippen LogP contribution < -0.4 is 5.32 Å². The number of nitrogens with one attached hydrogen (secondary N) is 1. The molecule has 2 amide bonds. The number of amides is 2. The fourth-order valence-corrected chi connectivity index (χ4v) is 4.08. The molecule has 0 spiro atoms. The minimum absolute atomic E-state index is 0.0825. The van der Waals surface area contributed by atoms with E-state index in [2.05, 4.69) is 5.32 Å². The maximum absolute atomic E-state index is 13.7. The van der Waals surface area contributed by atoms with E-state index < -0.39 is 6.04 Å². The fourth-order valence-electron chi connectivity index (χ4n) is 3.96. The van der Waals surface area contributed by atoms with Gasteiger partial charge in [-0.1, -0.05) is 84.4 Å². The Bertz CT molecular complexity index is 1070. The van der Waals surface area contributed by atoms with Crippen LogP contribution in [-0.2, 0) is 27.3 Å². The first kappa shape index (κ1) is 27.4. The first-order chi connectivity index (χ1) is 17.4. The molecule has 0 bridgehead atoms. The zero-order valence-electron chi connectivity index (χ0n) is 21.0. The lowest BCUT2D eigenvalue weighted by Gasteiger charge is -2.32. The molecule has 0 aromatic heterocycles. The van der Waals surface area contributed by atoms with E-state index in [1.807, 2.05) is 86.6 Å². The highest BCUT2D eigenvalue weighted by Crippen LogP contribution is 2.25. The second-order valence-electron chi connectivity index (χ2n) is 9.01. The summed E-state index contributed by atoms with van der Waals surface area (Å²) in [4.78, 5) is 28.9. The van der Waals surface area contributed by atoms with Gasteiger partial charge in [0.05, 0.1) is 6.10 Å². The quantitative estimate of drug-likeness (QED) is 0.290. The SMILES string of the molecule is CC(C)OCCCNC(=O)[C@@H](c1ccccc1)N(Cc1ccc(Cl)cc1)C(=O)CCc1ccccc1. The molecule has 0 heterocycles. The molecule has 3 aromatic rings. The molecule has 3 rings (SSSR count). The Kier molecular flexibility index (Phi) is 11.0. The summed E-state index contributed by atoms with van der Waals surface area (Å²) < 4.78 is 5.59. The third-order valence-electron chi connectivity index (χ3n) is 5.80. The van der Waals surface area contributed by atoms with Crippen LogP contribution in [0.15, 0.2) is 84.9 Å². The number of hydrogen-bond donors (Lipinski definition) is 1. The standard InChI is InChI=1S/C30H35ClN2O3/c1-23(2)36-21-9-20-32-30(35)29(26-12-7-4-8-13-26)33(22-25-14-17-27(31)18-15-25)28(34)19-16-24-10-5-3-6-11-24/h3-8,10-15,17-18,23,29H,9,16,19-22H2,1-2H3,(H,32,35)/t29-/m1/s1. The average molecular weight is 507 g/mol. The Balaban J connectivity index is 1.83. The van der Waals surface area contributed by atoms with Gasteiger partial charge in [-0.25, -0.2) is 0 Å². The third kappa shape index (κ3) is 8.81. The van der Waals surface area contributed by atoms with Crippen LogP contribution in [0.2, 0.25) is 5.02 Å². The zero-order chi connectivity index (χ0) is 25.8. The van der Waals surface area contributed by atoms with Gasteiger partial charge < -0.3 is 15.0 Å². The second-order valence-corrected chi connectivity index (χ2v) is 9.45. The zero-order valence-corrected chi connectivity index (χ0v) is 21.8. The van der Waals surface area contributed by atoms with E-state index in [0.717, 1.165) is 16.7 Å². The Morgan fingerprint density at radius 3 is 2.17 bits per heavy atom. The van der Waals surface area contributed by atoms with E-state index >= 15 is 0 Å². The van der Waals surface area contributed by atoms with Gasteiger partial charge >= 0.3 is 0 Å². The summed E-state index contributed by atoms with van der Waals surface area (Å²) in [6.07, 6.45) is 1.75. The van der Waals surface area contributed by atoms with Crippen molar-refractivity contribution in [3.05, 3.63) is 107 Å². The highest BCUT2D eigenvalue weighted by atomic mass is 35.5. The minimum atomic E-state index is -0.754. The van der Waals surface area contributed by atoms with Crippen molar-refractivity contribution < 1.29 is 14.3 Å². The van der Waals surface area contributed by atoms with Crippen molar-refractivity contribution in [3.63, 3.8) is 0 Å². The average Bonchev–Trinajstić information content (AvgIpc) is 2.89. The van der Waals surface area contributed by atoms with Crippen molar-refractivity contribution in [2.75, 3.05) is 13.2 Å². The first-order valence-corrected chi connectivity index (χ1v) is 12.8. The number of carbonyl (C=O) groups excluding carboxylic acids is 2. The summed E-state index contributed by atoms with van der Waals surface area (Å²) in [5, 5.41) is 3.65. The van der Waals surface area contributed by atoms with Gasteiger partial charge in [0.25, 0.3) is 0 Å². The molecule has 0 saturated heterocycles. The molecule has 0 aliphatic carbocycles. The molecule has 0 radical (unpaired) electrons. The third-order valence-corrected chi connectivity index (χ3v) is 6.06. The van der Waals surface area contributed by atoms with Gasteiger partial charge in [0, 0.05) is 31.1 Å². The predicted octanol–water partition coefficient (Wildman–Crippen LogP) is 5.97. The normalized spacial score (nSPS) is 11.8. The number of ether oxygens (including phenoxy) is 1. The molecular weight excluding hydrogens is 472 g/mol. The monoisotopic (exact) mass is 506 g/mol. The number of hydrogen-bond acceptors (Lipinski definition) is 3. The summed E-state index contributed by atoms with van der Waals surface area (Å²) in [5.74, 6) is -0.284. The molecule has 0 unspecified atom stereocenters. The van der Waals surface area contributed by atoms with Crippen molar-refractivity contribution in [1.29, 1.82) is 0 Å². The van der Waals surface area contributed by atoms with Crippen LogP contribution in [0.4, 0.5) is 0 Å². The Labute approximate surface area is 219 Å². The number of nitrogens with zero attached hydrogens (tertiary/aromatic N) is 1. The van der Waals surface area contributed by atoms with Crippen molar-refractivity contribution >= 4 is 23.4 Å².